The lowest BCUT2D eigenvalue weighted by molar-refractivity contribution is 0.173. The second-order valence-corrected chi connectivity index (χ2v) is 6.14. The van der Waals surface area contributed by atoms with Crippen molar-refractivity contribution in [2.24, 2.45) is 5.14 Å². The monoisotopic (exact) mass is 306 g/mol. The summed E-state index contributed by atoms with van der Waals surface area (Å²) >= 11 is 0. The van der Waals surface area contributed by atoms with Crippen LogP contribution in [0.3, 0.4) is 0 Å². The number of para-hydroxylation sites is 1. The largest absolute Gasteiger partial charge is 0.454 e. The summed E-state index contributed by atoms with van der Waals surface area (Å²) in [4.78, 5) is 0.0883. The van der Waals surface area contributed by atoms with Crippen LogP contribution in [-0.2, 0) is 16.6 Å². The zero-order valence-corrected chi connectivity index (χ0v) is 11.9. The number of sulfonamides is 1. The molecule has 2 aromatic carbocycles. The number of benzene rings is 2. The van der Waals surface area contributed by atoms with E-state index in [0.717, 1.165) is 22.7 Å². The van der Waals surface area contributed by atoms with Gasteiger partial charge in [0.1, 0.15) is 0 Å². The maximum Gasteiger partial charge on any atom is 0.238 e. The Bertz CT molecular complexity index is 757. The summed E-state index contributed by atoms with van der Waals surface area (Å²) in [6.07, 6.45) is 0. The van der Waals surface area contributed by atoms with Gasteiger partial charge < -0.3 is 14.8 Å². The first kappa shape index (κ1) is 13.7. The van der Waals surface area contributed by atoms with Crippen LogP contribution in [-0.4, -0.2) is 15.2 Å². The summed E-state index contributed by atoms with van der Waals surface area (Å²) in [6, 6.07) is 12.0. The van der Waals surface area contributed by atoms with E-state index in [4.69, 9.17) is 14.6 Å². The number of fused-ring (bicyclic) bond motifs is 1. The number of hydrogen-bond donors (Lipinski definition) is 2. The molecule has 3 N–H and O–H groups in total. The van der Waals surface area contributed by atoms with Crippen LogP contribution in [0.25, 0.3) is 0 Å². The van der Waals surface area contributed by atoms with Crippen LogP contribution in [0.5, 0.6) is 11.5 Å². The second kappa shape index (κ2) is 5.27. The van der Waals surface area contributed by atoms with Crippen molar-refractivity contribution in [1.29, 1.82) is 0 Å². The molecular formula is C14H14N2O4S. The third kappa shape index (κ3) is 2.93. The minimum atomic E-state index is -3.66. The first-order valence-corrected chi connectivity index (χ1v) is 7.83. The Hall–Kier alpha value is -2.25. The third-order valence-corrected chi connectivity index (χ3v) is 4.07. The van der Waals surface area contributed by atoms with Crippen molar-refractivity contribution in [3.63, 3.8) is 0 Å². The molecule has 0 radical (unpaired) electrons. The average molecular weight is 306 g/mol. The van der Waals surface area contributed by atoms with Gasteiger partial charge in [-0.1, -0.05) is 12.1 Å². The van der Waals surface area contributed by atoms with Gasteiger partial charge in [0.15, 0.2) is 11.5 Å². The van der Waals surface area contributed by atoms with Crippen molar-refractivity contribution < 1.29 is 17.9 Å². The van der Waals surface area contributed by atoms with Crippen molar-refractivity contribution in [2.75, 3.05) is 12.1 Å². The van der Waals surface area contributed by atoms with Gasteiger partial charge in [-0.2, -0.15) is 0 Å². The molecule has 1 heterocycles. The summed E-state index contributed by atoms with van der Waals surface area (Å²) in [5, 5.41) is 8.25. The number of nitrogens with one attached hydrogen (secondary N) is 1. The van der Waals surface area contributed by atoms with E-state index in [1.165, 1.54) is 12.1 Å². The molecular weight excluding hydrogens is 292 g/mol. The normalized spacial score (nSPS) is 13.2. The smallest absolute Gasteiger partial charge is 0.238 e. The van der Waals surface area contributed by atoms with E-state index in [1.807, 2.05) is 18.2 Å². The van der Waals surface area contributed by atoms with E-state index in [2.05, 4.69) is 5.32 Å². The number of rotatable bonds is 4. The van der Waals surface area contributed by atoms with Crippen LogP contribution < -0.4 is 19.9 Å². The Labute approximate surface area is 122 Å². The van der Waals surface area contributed by atoms with Crippen molar-refractivity contribution in [2.45, 2.75) is 11.4 Å². The van der Waals surface area contributed by atoms with E-state index in [0.29, 0.717) is 6.54 Å². The molecule has 0 atom stereocenters. The zero-order valence-electron chi connectivity index (χ0n) is 11.1. The minimum absolute atomic E-state index is 0.0883. The van der Waals surface area contributed by atoms with Gasteiger partial charge in [-0.3, -0.25) is 0 Å². The second-order valence-electron chi connectivity index (χ2n) is 4.57. The van der Waals surface area contributed by atoms with Gasteiger partial charge in [-0.15, -0.1) is 0 Å². The van der Waals surface area contributed by atoms with Crippen LogP contribution in [0.4, 0.5) is 5.69 Å². The summed E-state index contributed by atoms with van der Waals surface area (Å²) in [6.45, 7) is 0.774. The molecule has 0 unspecified atom stereocenters. The summed E-state index contributed by atoms with van der Waals surface area (Å²) < 4.78 is 33.1. The van der Waals surface area contributed by atoms with Crippen molar-refractivity contribution in [1.82, 2.24) is 0 Å². The molecule has 6 nitrogen and oxygen atoms in total. The van der Waals surface area contributed by atoms with Gasteiger partial charge in [0.25, 0.3) is 0 Å². The Morgan fingerprint density at radius 1 is 1.10 bits per heavy atom. The van der Waals surface area contributed by atoms with Crippen LogP contribution >= 0.6 is 0 Å². The number of anilines is 1. The molecule has 3 rings (SSSR count). The van der Waals surface area contributed by atoms with Gasteiger partial charge in [0, 0.05) is 17.8 Å². The zero-order chi connectivity index (χ0) is 14.9. The van der Waals surface area contributed by atoms with Crippen LogP contribution in [0.15, 0.2) is 47.4 Å². The highest BCUT2D eigenvalue weighted by Gasteiger charge is 2.16. The van der Waals surface area contributed by atoms with Crippen LogP contribution in [0.1, 0.15) is 5.56 Å². The molecule has 110 valence electrons. The molecule has 0 aliphatic carbocycles. The fourth-order valence-electron chi connectivity index (χ4n) is 2.09. The first-order valence-electron chi connectivity index (χ1n) is 6.28. The Morgan fingerprint density at radius 2 is 1.86 bits per heavy atom. The first-order chi connectivity index (χ1) is 10.0. The van der Waals surface area contributed by atoms with Crippen molar-refractivity contribution in [3.8, 4) is 11.5 Å². The van der Waals surface area contributed by atoms with E-state index in [-0.39, 0.29) is 11.7 Å². The SMILES string of the molecule is NS(=O)(=O)c1ccc(NCc2cccc3c2OCO3)cc1. The summed E-state index contributed by atoms with van der Waals surface area (Å²) in [5.74, 6) is 1.48. The van der Waals surface area contributed by atoms with Crippen molar-refractivity contribution in [3.05, 3.63) is 48.0 Å². The van der Waals surface area contributed by atoms with Crippen molar-refractivity contribution >= 4 is 15.7 Å². The molecule has 7 heteroatoms. The Balaban J connectivity index is 1.73. The fourth-order valence-corrected chi connectivity index (χ4v) is 2.61. The predicted molar refractivity (Wildman–Crippen MR) is 77.7 cm³/mol. The van der Waals surface area contributed by atoms with E-state index < -0.39 is 10.0 Å². The predicted octanol–water partition coefficient (Wildman–Crippen LogP) is 1.67. The topological polar surface area (TPSA) is 90.7 Å². The number of primary sulfonamides is 1. The van der Waals surface area contributed by atoms with Gasteiger partial charge in [-0.05, 0) is 30.3 Å². The molecule has 1 aliphatic heterocycles. The maximum atomic E-state index is 11.2. The highest BCUT2D eigenvalue weighted by molar-refractivity contribution is 7.89. The van der Waals surface area contributed by atoms with Gasteiger partial charge in [-0.25, -0.2) is 13.6 Å². The van der Waals surface area contributed by atoms with Gasteiger partial charge >= 0.3 is 0 Å². The number of ether oxygens (including phenoxy) is 2. The molecule has 2 aromatic rings. The Kier molecular flexibility index (Phi) is 3.44. The quantitative estimate of drug-likeness (QED) is 0.896. The van der Waals surface area contributed by atoms with E-state index in [1.54, 1.807) is 12.1 Å². The van der Waals surface area contributed by atoms with Gasteiger partial charge in [0.2, 0.25) is 16.8 Å². The molecule has 0 amide bonds. The number of hydrogen-bond acceptors (Lipinski definition) is 5. The number of nitrogens with two attached hydrogens (primary N) is 1. The molecule has 0 aromatic heterocycles. The van der Waals surface area contributed by atoms with Crippen LogP contribution in [0.2, 0.25) is 0 Å². The molecule has 0 spiro atoms. The lowest BCUT2D eigenvalue weighted by Gasteiger charge is -2.09. The molecule has 21 heavy (non-hydrogen) atoms. The highest BCUT2D eigenvalue weighted by Crippen LogP contribution is 2.35. The minimum Gasteiger partial charge on any atom is -0.454 e. The third-order valence-electron chi connectivity index (χ3n) is 3.14. The molecule has 1 aliphatic rings. The lowest BCUT2D eigenvalue weighted by Crippen LogP contribution is -2.12. The fraction of sp³-hybridized carbons (Fsp3) is 0.143. The molecule has 0 bridgehead atoms. The summed E-state index contributed by atoms with van der Waals surface area (Å²) in [5.41, 5.74) is 1.76. The molecule has 0 fully saturated rings. The molecule has 0 saturated carbocycles. The standard InChI is InChI=1S/C14H14N2O4S/c15-21(17,18)12-6-4-11(5-7-12)16-8-10-2-1-3-13-14(10)20-9-19-13/h1-7,16H,8-9H2,(H2,15,17,18). The van der Waals surface area contributed by atoms with Gasteiger partial charge in [0.05, 0.1) is 4.90 Å². The van der Waals surface area contributed by atoms with E-state index >= 15 is 0 Å². The maximum absolute atomic E-state index is 11.2. The summed E-state index contributed by atoms with van der Waals surface area (Å²) in [7, 11) is -3.66. The lowest BCUT2D eigenvalue weighted by atomic mass is 10.2. The van der Waals surface area contributed by atoms with Crippen LogP contribution in [0, 0.1) is 0 Å². The average Bonchev–Trinajstić information content (AvgIpc) is 2.93. The molecule has 0 saturated heterocycles. The van der Waals surface area contributed by atoms with E-state index in [9.17, 15) is 8.42 Å². The Morgan fingerprint density at radius 3 is 2.57 bits per heavy atom. The highest BCUT2D eigenvalue weighted by atomic mass is 32.2.